The topological polar surface area (TPSA) is 68.9 Å². The molecular formula is C11H12N2O2. The first kappa shape index (κ1) is 9.58. The van der Waals surface area contributed by atoms with Crippen LogP contribution >= 0.6 is 0 Å². The minimum atomic E-state index is -0.812. The Morgan fingerprint density at radius 3 is 2.87 bits per heavy atom. The minimum Gasteiger partial charge on any atom is -0.481 e. The third kappa shape index (κ3) is 2.28. The van der Waals surface area contributed by atoms with Gasteiger partial charge in [-0.05, 0) is 23.3 Å². The maximum Gasteiger partial charge on any atom is 0.309 e. The highest BCUT2D eigenvalue weighted by molar-refractivity contribution is 5.70. The number of carbonyl (C=O) groups is 1. The highest BCUT2D eigenvalue weighted by Gasteiger charge is 2.08. The Hall–Kier alpha value is -1.97. The second-order valence-electron chi connectivity index (χ2n) is 3.45. The average Bonchev–Trinajstić information content (AvgIpc) is 2.78. The molecule has 0 fully saturated rings. The monoisotopic (exact) mass is 204 g/mol. The van der Waals surface area contributed by atoms with Crippen LogP contribution in [0.25, 0.3) is 0 Å². The number of nitrogens with one attached hydrogen (secondary N) is 2. The molecule has 4 nitrogen and oxygen atoms in total. The summed E-state index contributed by atoms with van der Waals surface area (Å²) >= 11 is 0. The van der Waals surface area contributed by atoms with Crippen LogP contribution in [0.1, 0.15) is 16.8 Å². The van der Waals surface area contributed by atoms with Crippen molar-refractivity contribution in [1.29, 1.82) is 0 Å². The molecule has 0 amide bonds. The van der Waals surface area contributed by atoms with Gasteiger partial charge in [0.05, 0.1) is 6.42 Å². The van der Waals surface area contributed by atoms with Gasteiger partial charge in [-0.1, -0.05) is 0 Å². The van der Waals surface area contributed by atoms with Crippen molar-refractivity contribution in [1.82, 2.24) is 9.97 Å². The van der Waals surface area contributed by atoms with Crippen LogP contribution in [0, 0.1) is 0 Å². The summed E-state index contributed by atoms with van der Waals surface area (Å²) in [7, 11) is 0. The maximum atomic E-state index is 10.6. The molecule has 2 heterocycles. The lowest BCUT2D eigenvalue weighted by Gasteiger charge is -1.99. The summed E-state index contributed by atoms with van der Waals surface area (Å²) in [5.74, 6) is -0.812. The van der Waals surface area contributed by atoms with Gasteiger partial charge in [0.2, 0.25) is 0 Å². The van der Waals surface area contributed by atoms with Crippen LogP contribution in [0.2, 0.25) is 0 Å². The van der Waals surface area contributed by atoms with E-state index in [1.165, 1.54) is 0 Å². The van der Waals surface area contributed by atoms with Gasteiger partial charge in [-0.2, -0.15) is 0 Å². The molecule has 0 bridgehead atoms. The molecule has 0 atom stereocenters. The first-order valence-corrected chi connectivity index (χ1v) is 4.74. The number of hydrogen-bond donors (Lipinski definition) is 3. The Morgan fingerprint density at radius 2 is 2.20 bits per heavy atom. The minimum absolute atomic E-state index is 0.0484. The van der Waals surface area contributed by atoms with Crippen molar-refractivity contribution in [2.24, 2.45) is 0 Å². The summed E-state index contributed by atoms with van der Waals surface area (Å²) in [6.45, 7) is 0. The number of hydrogen-bond acceptors (Lipinski definition) is 1. The number of carboxylic acid groups (broad SMARTS) is 1. The van der Waals surface area contributed by atoms with Gasteiger partial charge in [0, 0.05) is 30.7 Å². The van der Waals surface area contributed by atoms with E-state index in [0.29, 0.717) is 0 Å². The van der Waals surface area contributed by atoms with Gasteiger partial charge >= 0.3 is 5.97 Å². The number of aliphatic carboxylic acids is 1. The van der Waals surface area contributed by atoms with E-state index in [9.17, 15) is 4.79 Å². The Labute approximate surface area is 87.0 Å². The lowest BCUT2D eigenvalue weighted by Crippen LogP contribution is -2.03. The Kier molecular flexibility index (Phi) is 2.58. The van der Waals surface area contributed by atoms with Crippen molar-refractivity contribution in [3.8, 4) is 0 Å². The van der Waals surface area contributed by atoms with Gasteiger partial charge < -0.3 is 15.1 Å². The van der Waals surface area contributed by atoms with Crippen molar-refractivity contribution >= 4 is 5.97 Å². The second-order valence-corrected chi connectivity index (χ2v) is 3.45. The quantitative estimate of drug-likeness (QED) is 0.707. The second kappa shape index (κ2) is 4.04. The zero-order valence-electron chi connectivity index (χ0n) is 8.16. The van der Waals surface area contributed by atoms with Gasteiger partial charge in [0.1, 0.15) is 0 Å². The number of rotatable bonds is 4. The first-order valence-electron chi connectivity index (χ1n) is 4.74. The molecule has 0 spiro atoms. The molecule has 0 aliphatic carbocycles. The lowest BCUT2D eigenvalue weighted by molar-refractivity contribution is -0.136. The van der Waals surface area contributed by atoms with Crippen molar-refractivity contribution in [3.05, 3.63) is 47.5 Å². The smallest absolute Gasteiger partial charge is 0.309 e. The van der Waals surface area contributed by atoms with Crippen LogP contribution in [0.4, 0.5) is 0 Å². The van der Waals surface area contributed by atoms with Crippen molar-refractivity contribution in [2.75, 3.05) is 0 Å². The molecule has 15 heavy (non-hydrogen) atoms. The summed E-state index contributed by atoms with van der Waals surface area (Å²) in [6.07, 6.45) is 6.36. The van der Waals surface area contributed by atoms with Crippen LogP contribution in [-0.2, 0) is 17.6 Å². The van der Waals surface area contributed by atoms with E-state index in [1.54, 1.807) is 6.20 Å². The van der Waals surface area contributed by atoms with Crippen LogP contribution < -0.4 is 0 Å². The van der Waals surface area contributed by atoms with Crippen LogP contribution in [0.5, 0.6) is 0 Å². The molecule has 78 valence electrons. The zero-order chi connectivity index (χ0) is 10.7. The molecule has 0 saturated heterocycles. The highest BCUT2D eigenvalue weighted by Crippen LogP contribution is 2.13. The molecule has 0 saturated carbocycles. The molecule has 0 aromatic carbocycles. The third-order valence-electron chi connectivity index (χ3n) is 2.31. The molecule has 0 unspecified atom stereocenters. The van der Waals surface area contributed by atoms with E-state index >= 15 is 0 Å². The third-order valence-corrected chi connectivity index (χ3v) is 2.31. The standard InChI is InChI=1S/C11H12N2O2/c14-11(15)6-10-9(2-4-13-10)5-8-1-3-12-7-8/h1-4,7,12-13H,5-6H2,(H,14,15). The molecule has 0 aliphatic rings. The van der Waals surface area contributed by atoms with Gasteiger partial charge in [0.25, 0.3) is 0 Å². The molecule has 2 rings (SSSR count). The fourth-order valence-electron chi connectivity index (χ4n) is 1.61. The molecule has 3 N–H and O–H groups in total. The molecule has 2 aromatic rings. The van der Waals surface area contributed by atoms with E-state index in [0.717, 1.165) is 23.2 Å². The van der Waals surface area contributed by atoms with Crippen molar-refractivity contribution in [3.63, 3.8) is 0 Å². The van der Waals surface area contributed by atoms with Crippen molar-refractivity contribution in [2.45, 2.75) is 12.8 Å². The highest BCUT2D eigenvalue weighted by atomic mass is 16.4. The van der Waals surface area contributed by atoms with Gasteiger partial charge in [-0.15, -0.1) is 0 Å². The number of aromatic amines is 2. The van der Waals surface area contributed by atoms with E-state index < -0.39 is 5.97 Å². The summed E-state index contributed by atoms with van der Waals surface area (Å²) in [5, 5.41) is 8.71. The average molecular weight is 204 g/mol. The van der Waals surface area contributed by atoms with Gasteiger partial charge in [-0.25, -0.2) is 0 Å². The molecule has 4 heteroatoms. The van der Waals surface area contributed by atoms with E-state index in [4.69, 9.17) is 5.11 Å². The number of H-pyrrole nitrogens is 2. The predicted octanol–water partition coefficient (Wildman–Crippen LogP) is 1.56. The Bertz CT molecular complexity index is 443. The number of carboxylic acids is 1. The molecule has 0 radical (unpaired) electrons. The van der Waals surface area contributed by atoms with Gasteiger partial charge in [0.15, 0.2) is 0 Å². The summed E-state index contributed by atoms with van der Waals surface area (Å²) in [5.41, 5.74) is 2.97. The predicted molar refractivity (Wildman–Crippen MR) is 55.7 cm³/mol. The molecular weight excluding hydrogens is 192 g/mol. The van der Waals surface area contributed by atoms with Crippen LogP contribution in [0.15, 0.2) is 30.7 Å². The summed E-state index contributed by atoms with van der Waals surface area (Å²) < 4.78 is 0. The van der Waals surface area contributed by atoms with Crippen LogP contribution in [0.3, 0.4) is 0 Å². The van der Waals surface area contributed by atoms with E-state index in [2.05, 4.69) is 9.97 Å². The normalized spacial score (nSPS) is 10.4. The largest absolute Gasteiger partial charge is 0.481 e. The summed E-state index contributed by atoms with van der Waals surface area (Å²) in [6, 6.07) is 3.91. The zero-order valence-corrected chi connectivity index (χ0v) is 8.16. The van der Waals surface area contributed by atoms with Gasteiger partial charge in [-0.3, -0.25) is 4.79 Å². The Morgan fingerprint density at radius 1 is 1.33 bits per heavy atom. The van der Waals surface area contributed by atoms with E-state index in [1.807, 2.05) is 24.5 Å². The molecule has 0 aliphatic heterocycles. The van der Waals surface area contributed by atoms with Crippen LogP contribution in [-0.4, -0.2) is 21.0 Å². The maximum absolute atomic E-state index is 10.6. The first-order chi connectivity index (χ1) is 7.25. The lowest BCUT2D eigenvalue weighted by atomic mass is 10.1. The van der Waals surface area contributed by atoms with Crippen molar-refractivity contribution < 1.29 is 9.90 Å². The summed E-state index contributed by atoms with van der Waals surface area (Å²) in [4.78, 5) is 16.5. The SMILES string of the molecule is O=C(O)Cc1[nH]ccc1Cc1cc[nH]c1. The van der Waals surface area contributed by atoms with E-state index in [-0.39, 0.29) is 6.42 Å². The number of aromatic nitrogens is 2. The fraction of sp³-hybridized carbons (Fsp3) is 0.182. The molecule has 2 aromatic heterocycles. The Balaban J connectivity index is 2.14. The fourth-order valence-corrected chi connectivity index (χ4v) is 1.61.